The van der Waals surface area contributed by atoms with E-state index in [9.17, 15) is 4.79 Å². The number of aromatic nitrogens is 2. The van der Waals surface area contributed by atoms with Crippen LogP contribution in [-0.2, 0) is 6.42 Å². The molecule has 0 unspecified atom stereocenters. The number of anilines is 2. The lowest BCUT2D eigenvalue weighted by Gasteiger charge is -2.30. The van der Waals surface area contributed by atoms with Crippen molar-refractivity contribution in [2.24, 2.45) is 0 Å². The van der Waals surface area contributed by atoms with Crippen LogP contribution >= 0.6 is 0 Å². The second-order valence-corrected chi connectivity index (χ2v) is 4.96. The predicted octanol–water partition coefficient (Wildman–Crippen LogP) is 2.57. The molecule has 0 bridgehead atoms. The number of nitrogens with zero attached hydrogens (tertiary/aromatic N) is 3. The molecule has 2 heterocycles. The molecule has 0 saturated carbocycles. The third-order valence-corrected chi connectivity index (χ3v) is 3.47. The van der Waals surface area contributed by atoms with Gasteiger partial charge in [-0.05, 0) is 31.4 Å². The molecular weight excluding hydrogens is 254 g/mol. The van der Waals surface area contributed by atoms with Gasteiger partial charge in [-0.25, -0.2) is 9.78 Å². The second-order valence-electron chi connectivity index (χ2n) is 4.96. The number of carbonyl (C=O) groups is 1. The van der Waals surface area contributed by atoms with Crippen molar-refractivity contribution in [1.82, 2.24) is 9.97 Å². The lowest BCUT2D eigenvalue weighted by atomic mass is 10.00. The first-order chi connectivity index (χ1) is 9.65. The van der Waals surface area contributed by atoms with Crippen molar-refractivity contribution < 1.29 is 9.90 Å². The average molecular weight is 269 g/mol. The Hall–Kier alpha value is -2.43. The standard InChI is InChI=1S/C15H15N3O2/c1-10-4-5-13-11(7-10)3-2-6-18(13)14-9-16-8-12(17-14)15(19)20/h4-5,7-9H,2-3,6H2,1H3,(H,19,20). The van der Waals surface area contributed by atoms with Gasteiger partial charge in [0.1, 0.15) is 0 Å². The van der Waals surface area contributed by atoms with Gasteiger partial charge in [0.05, 0.1) is 12.4 Å². The van der Waals surface area contributed by atoms with Gasteiger partial charge in [0, 0.05) is 12.2 Å². The highest BCUT2D eigenvalue weighted by Gasteiger charge is 2.20. The number of hydrogen-bond acceptors (Lipinski definition) is 4. The lowest BCUT2D eigenvalue weighted by molar-refractivity contribution is 0.0690. The van der Waals surface area contributed by atoms with E-state index in [2.05, 4.69) is 35.1 Å². The molecule has 102 valence electrons. The number of aromatic carboxylic acids is 1. The first kappa shape index (κ1) is 12.6. The van der Waals surface area contributed by atoms with Gasteiger partial charge in [-0.15, -0.1) is 0 Å². The monoisotopic (exact) mass is 269 g/mol. The molecule has 3 rings (SSSR count). The molecule has 0 saturated heterocycles. The van der Waals surface area contributed by atoms with Gasteiger partial charge in [0.15, 0.2) is 11.5 Å². The zero-order valence-corrected chi connectivity index (χ0v) is 11.2. The van der Waals surface area contributed by atoms with Crippen LogP contribution in [0.1, 0.15) is 28.0 Å². The second kappa shape index (κ2) is 4.92. The summed E-state index contributed by atoms with van der Waals surface area (Å²) < 4.78 is 0. The van der Waals surface area contributed by atoms with Crippen LogP contribution in [0.25, 0.3) is 0 Å². The highest BCUT2D eigenvalue weighted by atomic mass is 16.4. The molecule has 0 amide bonds. The molecule has 0 radical (unpaired) electrons. The molecule has 1 aromatic heterocycles. The average Bonchev–Trinajstić information content (AvgIpc) is 2.46. The van der Waals surface area contributed by atoms with Crippen LogP contribution in [0.15, 0.2) is 30.6 Å². The molecule has 1 aliphatic heterocycles. The van der Waals surface area contributed by atoms with Gasteiger partial charge < -0.3 is 10.0 Å². The minimum absolute atomic E-state index is 0.0262. The van der Waals surface area contributed by atoms with Crippen LogP contribution in [0, 0.1) is 6.92 Å². The van der Waals surface area contributed by atoms with Gasteiger partial charge in [-0.2, -0.15) is 0 Å². The summed E-state index contributed by atoms with van der Waals surface area (Å²) in [5, 5.41) is 9.02. The van der Waals surface area contributed by atoms with E-state index in [1.165, 1.54) is 17.3 Å². The van der Waals surface area contributed by atoms with E-state index in [4.69, 9.17) is 5.11 Å². The van der Waals surface area contributed by atoms with Crippen LogP contribution in [0.4, 0.5) is 11.5 Å². The molecule has 1 aliphatic rings. The van der Waals surface area contributed by atoms with Crippen LogP contribution in [-0.4, -0.2) is 27.6 Å². The van der Waals surface area contributed by atoms with Crippen LogP contribution in [0.3, 0.4) is 0 Å². The summed E-state index contributed by atoms with van der Waals surface area (Å²) in [4.78, 5) is 21.2. The summed E-state index contributed by atoms with van der Waals surface area (Å²) in [6.45, 7) is 2.90. The van der Waals surface area contributed by atoms with E-state index in [0.29, 0.717) is 5.82 Å². The Bertz CT molecular complexity index is 670. The molecule has 5 nitrogen and oxygen atoms in total. The fourth-order valence-electron chi connectivity index (χ4n) is 2.55. The third-order valence-electron chi connectivity index (χ3n) is 3.47. The molecule has 1 N–H and O–H groups in total. The number of benzene rings is 1. The fraction of sp³-hybridized carbons (Fsp3) is 0.267. The molecule has 5 heteroatoms. The maximum absolute atomic E-state index is 11.0. The molecule has 0 spiro atoms. The van der Waals surface area contributed by atoms with Crippen LogP contribution in [0.5, 0.6) is 0 Å². The maximum Gasteiger partial charge on any atom is 0.356 e. The first-order valence-corrected chi connectivity index (χ1v) is 6.57. The summed E-state index contributed by atoms with van der Waals surface area (Å²) in [7, 11) is 0. The molecule has 2 aromatic rings. The molecular formula is C15H15N3O2. The Morgan fingerprint density at radius 3 is 3.00 bits per heavy atom. The van der Waals surface area contributed by atoms with E-state index in [1.807, 2.05) is 4.90 Å². The fourth-order valence-corrected chi connectivity index (χ4v) is 2.55. The first-order valence-electron chi connectivity index (χ1n) is 6.57. The van der Waals surface area contributed by atoms with Crippen molar-refractivity contribution in [3.8, 4) is 0 Å². The highest BCUT2D eigenvalue weighted by Crippen LogP contribution is 2.32. The van der Waals surface area contributed by atoms with Gasteiger partial charge in [0.25, 0.3) is 0 Å². The minimum atomic E-state index is -1.06. The third kappa shape index (κ3) is 2.22. The lowest BCUT2D eigenvalue weighted by Crippen LogP contribution is -2.26. The Kier molecular flexibility index (Phi) is 3.10. The number of carboxylic acids is 1. The predicted molar refractivity (Wildman–Crippen MR) is 75.5 cm³/mol. The van der Waals surface area contributed by atoms with Crippen molar-refractivity contribution in [2.75, 3.05) is 11.4 Å². The topological polar surface area (TPSA) is 66.3 Å². The number of aryl methyl sites for hydroxylation is 2. The number of carboxylic acid groups (broad SMARTS) is 1. The minimum Gasteiger partial charge on any atom is -0.476 e. The summed E-state index contributed by atoms with van der Waals surface area (Å²) in [6.07, 6.45) is 4.95. The number of hydrogen-bond donors (Lipinski definition) is 1. The number of fused-ring (bicyclic) bond motifs is 1. The van der Waals surface area contributed by atoms with Crippen molar-refractivity contribution in [1.29, 1.82) is 0 Å². The number of rotatable bonds is 2. The molecule has 20 heavy (non-hydrogen) atoms. The summed E-state index contributed by atoms with van der Waals surface area (Å²) in [5.74, 6) is -0.463. The van der Waals surface area contributed by atoms with Gasteiger partial charge in [-0.1, -0.05) is 17.7 Å². The molecule has 1 aromatic carbocycles. The largest absolute Gasteiger partial charge is 0.476 e. The Morgan fingerprint density at radius 1 is 1.35 bits per heavy atom. The maximum atomic E-state index is 11.0. The molecule has 0 aliphatic carbocycles. The normalized spacial score (nSPS) is 13.9. The van der Waals surface area contributed by atoms with Crippen LogP contribution < -0.4 is 4.90 Å². The van der Waals surface area contributed by atoms with Crippen LogP contribution in [0.2, 0.25) is 0 Å². The summed E-state index contributed by atoms with van der Waals surface area (Å²) in [5.41, 5.74) is 3.58. The zero-order chi connectivity index (χ0) is 14.1. The summed E-state index contributed by atoms with van der Waals surface area (Å²) in [6, 6.07) is 6.31. The van der Waals surface area contributed by atoms with Crippen molar-refractivity contribution >= 4 is 17.5 Å². The molecule has 0 atom stereocenters. The van der Waals surface area contributed by atoms with E-state index < -0.39 is 5.97 Å². The SMILES string of the molecule is Cc1ccc2c(c1)CCCN2c1cncc(C(=O)O)n1. The zero-order valence-electron chi connectivity index (χ0n) is 11.2. The van der Waals surface area contributed by atoms with E-state index in [0.717, 1.165) is 25.1 Å². The van der Waals surface area contributed by atoms with E-state index >= 15 is 0 Å². The Labute approximate surface area is 116 Å². The Morgan fingerprint density at radius 2 is 2.20 bits per heavy atom. The van der Waals surface area contributed by atoms with Crippen molar-refractivity contribution in [2.45, 2.75) is 19.8 Å². The van der Waals surface area contributed by atoms with Gasteiger partial charge in [0.2, 0.25) is 0 Å². The summed E-state index contributed by atoms with van der Waals surface area (Å²) >= 11 is 0. The Balaban J connectivity index is 2.04. The van der Waals surface area contributed by atoms with Crippen molar-refractivity contribution in [3.63, 3.8) is 0 Å². The highest BCUT2D eigenvalue weighted by molar-refractivity contribution is 5.85. The van der Waals surface area contributed by atoms with Crippen molar-refractivity contribution in [3.05, 3.63) is 47.4 Å². The smallest absolute Gasteiger partial charge is 0.356 e. The van der Waals surface area contributed by atoms with Gasteiger partial charge >= 0.3 is 5.97 Å². The quantitative estimate of drug-likeness (QED) is 0.907. The molecule has 0 fully saturated rings. The van der Waals surface area contributed by atoms with E-state index in [-0.39, 0.29) is 5.69 Å². The van der Waals surface area contributed by atoms with Gasteiger partial charge in [-0.3, -0.25) is 4.98 Å². The van der Waals surface area contributed by atoms with E-state index in [1.54, 1.807) is 6.20 Å².